The molecule has 24 heavy (non-hydrogen) atoms. The van der Waals surface area contributed by atoms with Gasteiger partial charge in [0, 0.05) is 41.4 Å². The van der Waals surface area contributed by atoms with Crippen molar-refractivity contribution < 1.29 is 10.2 Å². The Kier molecular flexibility index (Phi) is 3.79. The van der Waals surface area contributed by atoms with Crippen molar-refractivity contribution in [1.82, 2.24) is 25.0 Å². The number of aliphatic hydroxyl groups excluding tert-OH is 2. The van der Waals surface area contributed by atoms with Gasteiger partial charge in [-0.2, -0.15) is 10.2 Å². The number of H-pyrrole nitrogens is 1. The molecule has 0 aliphatic heterocycles. The van der Waals surface area contributed by atoms with Crippen molar-refractivity contribution in [3.8, 4) is 11.1 Å². The van der Waals surface area contributed by atoms with Crippen LogP contribution in [0.4, 0.5) is 0 Å². The first-order chi connectivity index (χ1) is 11.7. The molecule has 0 spiro atoms. The third kappa shape index (κ3) is 2.39. The molecule has 3 aromatic rings. The third-order valence-electron chi connectivity index (χ3n) is 4.98. The Balaban J connectivity index is 1.68. The van der Waals surface area contributed by atoms with Gasteiger partial charge in [-0.25, -0.2) is 0 Å². The van der Waals surface area contributed by atoms with Crippen LogP contribution in [0, 0.1) is 5.92 Å². The van der Waals surface area contributed by atoms with E-state index < -0.39 is 12.2 Å². The van der Waals surface area contributed by atoms with E-state index in [9.17, 15) is 10.2 Å². The summed E-state index contributed by atoms with van der Waals surface area (Å²) in [6.45, 7) is 0.351. The van der Waals surface area contributed by atoms with Gasteiger partial charge in [-0.1, -0.05) is 0 Å². The minimum Gasteiger partial charge on any atom is -0.390 e. The number of aliphatic hydroxyl groups is 2. The highest BCUT2D eigenvalue weighted by Gasteiger charge is 2.39. The van der Waals surface area contributed by atoms with Crippen LogP contribution < -0.4 is 5.73 Å². The van der Waals surface area contributed by atoms with Crippen LogP contribution in [0.5, 0.6) is 0 Å². The summed E-state index contributed by atoms with van der Waals surface area (Å²) in [5.74, 6) is -0.0967. The van der Waals surface area contributed by atoms with Crippen LogP contribution >= 0.6 is 0 Å². The van der Waals surface area contributed by atoms with E-state index in [2.05, 4.69) is 20.3 Å². The fraction of sp³-hybridized carbons (Fsp3) is 0.438. The van der Waals surface area contributed by atoms with E-state index in [0.717, 1.165) is 28.6 Å². The smallest absolute Gasteiger partial charge is 0.160 e. The van der Waals surface area contributed by atoms with E-state index in [4.69, 9.17) is 5.73 Å². The van der Waals surface area contributed by atoms with Crippen molar-refractivity contribution in [3.63, 3.8) is 0 Å². The van der Waals surface area contributed by atoms with Gasteiger partial charge < -0.3 is 20.9 Å². The van der Waals surface area contributed by atoms with E-state index >= 15 is 0 Å². The van der Waals surface area contributed by atoms with Crippen LogP contribution in [0.15, 0.2) is 30.9 Å². The summed E-state index contributed by atoms with van der Waals surface area (Å²) in [6.07, 6.45) is 7.11. The number of nitrogens with one attached hydrogen (secondary N) is 1. The summed E-state index contributed by atoms with van der Waals surface area (Å²) in [6, 6.07) is 1.80. The molecule has 3 heterocycles. The highest BCUT2D eigenvalue weighted by atomic mass is 16.3. The van der Waals surface area contributed by atoms with Crippen molar-refractivity contribution in [2.75, 3.05) is 6.54 Å². The number of aromatic nitrogens is 5. The van der Waals surface area contributed by atoms with E-state index in [1.54, 1.807) is 17.1 Å². The molecule has 0 bridgehead atoms. The number of hydrogen-bond acceptors (Lipinski definition) is 6. The van der Waals surface area contributed by atoms with Crippen molar-refractivity contribution in [2.24, 2.45) is 11.7 Å². The molecule has 3 aromatic heterocycles. The molecule has 1 aliphatic carbocycles. The van der Waals surface area contributed by atoms with Crippen molar-refractivity contribution in [3.05, 3.63) is 30.9 Å². The first kappa shape index (κ1) is 15.3. The fourth-order valence-electron chi connectivity index (χ4n) is 3.65. The maximum absolute atomic E-state index is 10.2. The van der Waals surface area contributed by atoms with Gasteiger partial charge >= 0.3 is 0 Å². The molecular formula is C16H20N6O2. The van der Waals surface area contributed by atoms with E-state index in [0.29, 0.717) is 13.0 Å². The van der Waals surface area contributed by atoms with E-state index in [-0.39, 0.29) is 12.0 Å². The summed E-state index contributed by atoms with van der Waals surface area (Å²) in [5.41, 5.74) is 8.52. The van der Waals surface area contributed by atoms with Gasteiger partial charge in [-0.15, -0.1) is 5.10 Å². The van der Waals surface area contributed by atoms with Crippen LogP contribution in [-0.2, 0) is 0 Å². The number of aromatic amines is 1. The lowest BCUT2D eigenvalue weighted by Crippen LogP contribution is -2.35. The lowest BCUT2D eigenvalue weighted by atomic mass is 9.96. The first-order valence-corrected chi connectivity index (χ1v) is 8.08. The summed E-state index contributed by atoms with van der Waals surface area (Å²) >= 11 is 0. The predicted octanol–water partition coefficient (Wildman–Crippen LogP) is 0.453. The molecule has 126 valence electrons. The van der Waals surface area contributed by atoms with Gasteiger partial charge in [-0.3, -0.25) is 4.68 Å². The highest BCUT2D eigenvalue weighted by molar-refractivity contribution is 5.91. The Labute approximate surface area is 138 Å². The molecule has 0 saturated heterocycles. The van der Waals surface area contributed by atoms with Gasteiger partial charge in [0.05, 0.1) is 30.6 Å². The first-order valence-electron chi connectivity index (χ1n) is 8.08. The molecule has 1 aliphatic rings. The summed E-state index contributed by atoms with van der Waals surface area (Å²) in [4.78, 5) is 3.04. The minimum absolute atomic E-state index is 0.0967. The Morgan fingerprint density at radius 3 is 2.96 bits per heavy atom. The molecule has 8 heteroatoms. The van der Waals surface area contributed by atoms with Crippen molar-refractivity contribution in [1.29, 1.82) is 0 Å². The standard InChI is InChI=1S/C16H20N6O2/c17-5-13(11-1-2-14(23)15(11)24)22-8-9(6-20-22)12-7-19-21-16-10(12)3-4-18-16/h3-4,6-8,11,13-15,23-24H,1-2,5,17H2,(H,18,21). The lowest BCUT2D eigenvalue weighted by Gasteiger charge is -2.25. The van der Waals surface area contributed by atoms with Crippen LogP contribution in [0.1, 0.15) is 18.9 Å². The van der Waals surface area contributed by atoms with Crippen LogP contribution in [0.25, 0.3) is 22.2 Å². The zero-order valence-electron chi connectivity index (χ0n) is 13.1. The maximum atomic E-state index is 10.2. The molecule has 5 N–H and O–H groups in total. The molecule has 4 atom stereocenters. The van der Waals surface area contributed by atoms with Crippen LogP contribution in [0.2, 0.25) is 0 Å². The quantitative estimate of drug-likeness (QED) is 0.551. The molecule has 8 nitrogen and oxygen atoms in total. The van der Waals surface area contributed by atoms with Gasteiger partial charge in [0.1, 0.15) is 0 Å². The normalized spacial score (nSPS) is 25.4. The number of hydrogen-bond donors (Lipinski definition) is 4. The molecule has 0 amide bonds. The molecule has 1 fully saturated rings. The second-order valence-corrected chi connectivity index (χ2v) is 6.31. The van der Waals surface area contributed by atoms with Crippen molar-refractivity contribution in [2.45, 2.75) is 31.1 Å². The lowest BCUT2D eigenvalue weighted by molar-refractivity contribution is 0.00736. The van der Waals surface area contributed by atoms with Crippen LogP contribution in [0.3, 0.4) is 0 Å². The molecule has 0 radical (unpaired) electrons. The average molecular weight is 328 g/mol. The van der Waals surface area contributed by atoms with Gasteiger partial charge in [0.15, 0.2) is 5.65 Å². The largest absolute Gasteiger partial charge is 0.390 e. The van der Waals surface area contributed by atoms with Gasteiger partial charge in [0.25, 0.3) is 0 Å². The monoisotopic (exact) mass is 328 g/mol. The van der Waals surface area contributed by atoms with Gasteiger partial charge in [-0.05, 0) is 18.9 Å². The van der Waals surface area contributed by atoms with E-state index in [1.165, 1.54) is 0 Å². The second-order valence-electron chi connectivity index (χ2n) is 6.31. The Bertz CT molecular complexity index is 844. The average Bonchev–Trinajstić information content (AvgIpc) is 3.31. The Morgan fingerprint density at radius 1 is 1.33 bits per heavy atom. The zero-order valence-corrected chi connectivity index (χ0v) is 13.1. The topological polar surface area (TPSA) is 126 Å². The minimum atomic E-state index is -0.759. The molecule has 4 rings (SSSR count). The molecule has 4 unspecified atom stereocenters. The summed E-state index contributed by atoms with van der Waals surface area (Å²) in [5, 5.41) is 33.5. The van der Waals surface area contributed by atoms with E-state index in [1.807, 2.05) is 18.5 Å². The Morgan fingerprint density at radius 2 is 2.21 bits per heavy atom. The highest BCUT2D eigenvalue weighted by Crippen LogP contribution is 2.35. The number of rotatable bonds is 4. The number of fused-ring (bicyclic) bond motifs is 1. The number of nitrogens with zero attached hydrogens (tertiary/aromatic N) is 4. The third-order valence-corrected chi connectivity index (χ3v) is 4.98. The zero-order chi connectivity index (χ0) is 16.7. The summed E-state index contributed by atoms with van der Waals surface area (Å²) in [7, 11) is 0. The second kappa shape index (κ2) is 5.97. The maximum Gasteiger partial charge on any atom is 0.160 e. The summed E-state index contributed by atoms with van der Waals surface area (Å²) < 4.78 is 1.79. The SMILES string of the molecule is NCC(C1CCC(O)C1O)n1cc(-c2cnnc3[nH]ccc23)cn1. The fourth-order valence-corrected chi connectivity index (χ4v) is 3.65. The van der Waals surface area contributed by atoms with Crippen LogP contribution in [-0.4, -0.2) is 53.9 Å². The predicted molar refractivity (Wildman–Crippen MR) is 87.9 cm³/mol. The van der Waals surface area contributed by atoms with Crippen molar-refractivity contribution >= 4 is 11.0 Å². The molecular weight excluding hydrogens is 308 g/mol. The molecule has 0 aromatic carbocycles. The molecule has 1 saturated carbocycles. The van der Waals surface area contributed by atoms with Gasteiger partial charge in [0.2, 0.25) is 0 Å². The number of nitrogens with two attached hydrogens (primary N) is 1. The Hall–Kier alpha value is -2.29.